The van der Waals surface area contributed by atoms with Crippen LogP contribution in [0.25, 0.3) is 10.9 Å². The Bertz CT molecular complexity index is 851. The third-order valence-electron chi connectivity index (χ3n) is 3.91. The summed E-state index contributed by atoms with van der Waals surface area (Å²) in [5.74, 6) is 0.932. The number of rotatable bonds is 4. The van der Waals surface area contributed by atoms with Crippen LogP contribution >= 0.6 is 0 Å². The standard InChI is InChI=1S/C18H17F3N2O/c1-2-13-9-15-16(8-3-11(10-22)17(15)23-13)24-14-6-4-12(5-7-14)18(19,20)21/h3-9,23H,2,10,22H2,1H3. The molecule has 0 aliphatic carbocycles. The average molecular weight is 334 g/mol. The van der Waals surface area contributed by atoms with Crippen molar-refractivity contribution in [3.63, 3.8) is 0 Å². The predicted molar refractivity (Wildman–Crippen MR) is 87.1 cm³/mol. The fraction of sp³-hybridized carbons (Fsp3) is 0.222. The quantitative estimate of drug-likeness (QED) is 0.705. The lowest BCUT2D eigenvalue weighted by Crippen LogP contribution is -2.04. The van der Waals surface area contributed by atoms with Gasteiger partial charge in [0.15, 0.2) is 0 Å². The highest BCUT2D eigenvalue weighted by Crippen LogP contribution is 2.35. The normalized spacial score (nSPS) is 11.9. The van der Waals surface area contributed by atoms with E-state index in [0.717, 1.165) is 40.7 Å². The van der Waals surface area contributed by atoms with Crippen LogP contribution in [0.1, 0.15) is 23.7 Å². The number of nitrogens with two attached hydrogens (primary N) is 1. The minimum Gasteiger partial charge on any atom is -0.457 e. The molecule has 1 aromatic heterocycles. The molecule has 0 unspecified atom stereocenters. The van der Waals surface area contributed by atoms with Crippen molar-refractivity contribution in [1.29, 1.82) is 0 Å². The van der Waals surface area contributed by atoms with Crippen molar-refractivity contribution in [2.24, 2.45) is 5.73 Å². The largest absolute Gasteiger partial charge is 0.457 e. The number of aryl methyl sites for hydroxylation is 1. The van der Waals surface area contributed by atoms with Gasteiger partial charge in [-0.05, 0) is 48.4 Å². The topological polar surface area (TPSA) is 51.0 Å². The number of benzene rings is 2. The van der Waals surface area contributed by atoms with Crippen LogP contribution in [-0.4, -0.2) is 4.98 Å². The number of H-pyrrole nitrogens is 1. The number of aromatic amines is 1. The van der Waals surface area contributed by atoms with Gasteiger partial charge in [-0.25, -0.2) is 0 Å². The lowest BCUT2D eigenvalue weighted by atomic mass is 10.1. The van der Waals surface area contributed by atoms with Crippen LogP contribution in [0.15, 0.2) is 42.5 Å². The molecule has 3 nitrogen and oxygen atoms in total. The molecular formula is C18H17F3N2O. The van der Waals surface area contributed by atoms with Crippen LogP contribution in [0, 0.1) is 0 Å². The second-order valence-electron chi connectivity index (χ2n) is 5.49. The van der Waals surface area contributed by atoms with E-state index in [1.54, 1.807) is 6.07 Å². The fourth-order valence-electron chi connectivity index (χ4n) is 2.60. The van der Waals surface area contributed by atoms with E-state index in [1.807, 2.05) is 19.1 Å². The lowest BCUT2D eigenvalue weighted by molar-refractivity contribution is -0.137. The van der Waals surface area contributed by atoms with Crippen molar-refractivity contribution in [2.45, 2.75) is 26.1 Å². The number of aromatic nitrogens is 1. The number of hydrogen-bond donors (Lipinski definition) is 2. The summed E-state index contributed by atoms with van der Waals surface area (Å²) >= 11 is 0. The summed E-state index contributed by atoms with van der Waals surface area (Å²) in [5.41, 5.74) is 7.97. The molecule has 0 aliphatic heterocycles. The van der Waals surface area contributed by atoms with Crippen LogP contribution in [0.3, 0.4) is 0 Å². The van der Waals surface area contributed by atoms with Crippen molar-refractivity contribution < 1.29 is 17.9 Å². The molecule has 3 N–H and O–H groups in total. The van der Waals surface area contributed by atoms with Gasteiger partial charge in [-0.15, -0.1) is 0 Å². The van der Waals surface area contributed by atoms with Gasteiger partial charge < -0.3 is 15.5 Å². The summed E-state index contributed by atoms with van der Waals surface area (Å²) in [6.07, 6.45) is -3.52. The first-order valence-electron chi connectivity index (χ1n) is 7.61. The molecule has 0 atom stereocenters. The molecule has 0 aliphatic rings. The molecule has 0 bridgehead atoms. The highest BCUT2D eigenvalue weighted by molar-refractivity contribution is 5.89. The van der Waals surface area contributed by atoms with Gasteiger partial charge in [0.25, 0.3) is 0 Å². The first kappa shape index (κ1) is 16.4. The second kappa shape index (κ2) is 6.20. The molecule has 3 aromatic rings. The van der Waals surface area contributed by atoms with E-state index in [9.17, 15) is 13.2 Å². The number of hydrogen-bond acceptors (Lipinski definition) is 2. The van der Waals surface area contributed by atoms with Crippen LogP contribution in [0.4, 0.5) is 13.2 Å². The van der Waals surface area contributed by atoms with E-state index < -0.39 is 11.7 Å². The van der Waals surface area contributed by atoms with E-state index in [1.165, 1.54) is 12.1 Å². The van der Waals surface area contributed by atoms with Crippen LogP contribution in [-0.2, 0) is 19.1 Å². The zero-order chi connectivity index (χ0) is 17.3. The van der Waals surface area contributed by atoms with Gasteiger partial charge in [0, 0.05) is 17.6 Å². The second-order valence-corrected chi connectivity index (χ2v) is 5.49. The van der Waals surface area contributed by atoms with Gasteiger partial charge in [-0.2, -0.15) is 13.2 Å². The number of alkyl halides is 3. The molecule has 2 aromatic carbocycles. The Morgan fingerprint density at radius 2 is 1.79 bits per heavy atom. The molecular weight excluding hydrogens is 317 g/mol. The Morgan fingerprint density at radius 1 is 1.08 bits per heavy atom. The molecule has 24 heavy (non-hydrogen) atoms. The summed E-state index contributed by atoms with van der Waals surface area (Å²) in [5, 5.41) is 0.870. The summed E-state index contributed by atoms with van der Waals surface area (Å²) in [6.45, 7) is 2.42. The highest BCUT2D eigenvalue weighted by atomic mass is 19.4. The van der Waals surface area contributed by atoms with E-state index in [4.69, 9.17) is 10.5 Å². The van der Waals surface area contributed by atoms with Crippen molar-refractivity contribution in [1.82, 2.24) is 4.98 Å². The van der Waals surface area contributed by atoms with Gasteiger partial charge in [-0.1, -0.05) is 13.0 Å². The molecule has 0 saturated carbocycles. The van der Waals surface area contributed by atoms with Crippen LogP contribution < -0.4 is 10.5 Å². The third kappa shape index (κ3) is 3.10. The average Bonchev–Trinajstić information content (AvgIpc) is 2.99. The highest BCUT2D eigenvalue weighted by Gasteiger charge is 2.30. The number of fused-ring (bicyclic) bond motifs is 1. The minimum absolute atomic E-state index is 0.351. The summed E-state index contributed by atoms with van der Waals surface area (Å²) in [4.78, 5) is 3.31. The maximum absolute atomic E-state index is 12.6. The fourth-order valence-corrected chi connectivity index (χ4v) is 2.60. The first-order chi connectivity index (χ1) is 11.4. The summed E-state index contributed by atoms with van der Waals surface area (Å²) in [6, 6.07) is 10.3. The van der Waals surface area contributed by atoms with Gasteiger partial charge >= 0.3 is 6.18 Å². The van der Waals surface area contributed by atoms with Gasteiger partial charge in [0.05, 0.1) is 11.1 Å². The van der Waals surface area contributed by atoms with E-state index in [0.29, 0.717) is 18.0 Å². The van der Waals surface area contributed by atoms with Crippen molar-refractivity contribution in [2.75, 3.05) is 0 Å². The number of halogens is 3. The smallest absolute Gasteiger partial charge is 0.416 e. The Kier molecular flexibility index (Phi) is 4.24. The lowest BCUT2D eigenvalue weighted by Gasteiger charge is -2.10. The number of ether oxygens (including phenoxy) is 1. The monoisotopic (exact) mass is 334 g/mol. The van der Waals surface area contributed by atoms with Crippen LogP contribution in [0.5, 0.6) is 11.5 Å². The molecule has 0 fully saturated rings. The van der Waals surface area contributed by atoms with E-state index in [-0.39, 0.29) is 0 Å². The Hall–Kier alpha value is -2.47. The van der Waals surface area contributed by atoms with E-state index >= 15 is 0 Å². The predicted octanol–water partition coefficient (Wildman–Crippen LogP) is 5.00. The van der Waals surface area contributed by atoms with Crippen molar-refractivity contribution in [3.8, 4) is 11.5 Å². The Labute approximate surface area is 137 Å². The van der Waals surface area contributed by atoms with Crippen molar-refractivity contribution in [3.05, 3.63) is 59.3 Å². The number of nitrogens with one attached hydrogen (secondary N) is 1. The van der Waals surface area contributed by atoms with Gasteiger partial charge in [-0.3, -0.25) is 0 Å². The van der Waals surface area contributed by atoms with E-state index in [2.05, 4.69) is 4.98 Å². The summed E-state index contributed by atoms with van der Waals surface area (Å²) < 4.78 is 43.7. The molecule has 3 rings (SSSR count). The Morgan fingerprint density at radius 3 is 2.38 bits per heavy atom. The first-order valence-corrected chi connectivity index (χ1v) is 7.61. The maximum Gasteiger partial charge on any atom is 0.416 e. The minimum atomic E-state index is -4.36. The molecule has 0 saturated heterocycles. The molecule has 0 spiro atoms. The molecule has 1 heterocycles. The molecule has 6 heteroatoms. The maximum atomic E-state index is 12.6. The molecule has 0 amide bonds. The van der Waals surface area contributed by atoms with Gasteiger partial charge in [0.2, 0.25) is 0 Å². The third-order valence-corrected chi connectivity index (χ3v) is 3.91. The Balaban J connectivity index is 1.96. The SMILES string of the molecule is CCc1cc2c(Oc3ccc(C(F)(F)F)cc3)ccc(CN)c2[nH]1. The van der Waals surface area contributed by atoms with Crippen molar-refractivity contribution >= 4 is 10.9 Å². The zero-order valence-corrected chi connectivity index (χ0v) is 13.1. The molecule has 126 valence electrons. The zero-order valence-electron chi connectivity index (χ0n) is 13.1. The van der Waals surface area contributed by atoms with Crippen LogP contribution in [0.2, 0.25) is 0 Å². The molecule has 0 radical (unpaired) electrons. The summed E-state index contributed by atoms with van der Waals surface area (Å²) in [7, 11) is 0. The van der Waals surface area contributed by atoms with Gasteiger partial charge in [0.1, 0.15) is 11.5 Å².